The van der Waals surface area contributed by atoms with Gasteiger partial charge in [-0.3, -0.25) is 4.79 Å². The number of carbonyl (C=O) groups is 1. The highest BCUT2D eigenvalue weighted by molar-refractivity contribution is 5.81. The fraction of sp³-hybridized carbons (Fsp3) is 0.889. The van der Waals surface area contributed by atoms with Gasteiger partial charge in [0.2, 0.25) is 5.91 Å². The molecule has 2 heterocycles. The van der Waals surface area contributed by atoms with E-state index in [2.05, 4.69) is 5.32 Å². The summed E-state index contributed by atoms with van der Waals surface area (Å²) in [4.78, 5) is 11.4. The number of ether oxygens (including phenoxy) is 2. The lowest BCUT2D eigenvalue weighted by Gasteiger charge is -2.27. The maximum absolute atomic E-state index is 11.4. The van der Waals surface area contributed by atoms with Crippen molar-refractivity contribution in [3.05, 3.63) is 0 Å². The predicted molar refractivity (Wildman–Crippen MR) is 46.3 cm³/mol. The third-order valence-corrected chi connectivity index (χ3v) is 2.70. The minimum absolute atomic E-state index is 0.0219. The van der Waals surface area contributed by atoms with Gasteiger partial charge in [0.15, 0.2) is 0 Å². The van der Waals surface area contributed by atoms with E-state index in [0.29, 0.717) is 0 Å². The van der Waals surface area contributed by atoms with Gasteiger partial charge in [-0.15, -0.1) is 0 Å². The Bertz CT molecular complexity index is 203. The zero-order chi connectivity index (χ0) is 9.26. The summed E-state index contributed by atoms with van der Waals surface area (Å²) >= 11 is 0. The fourth-order valence-corrected chi connectivity index (χ4v) is 1.64. The average molecular weight is 185 g/mol. The number of nitrogens with one attached hydrogen (secondary N) is 1. The molecule has 2 rings (SSSR count). The van der Waals surface area contributed by atoms with Crippen molar-refractivity contribution in [1.29, 1.82) is 0 Å². The molecule has 0 bridgehead atoms. The predicted octanol–water partition coefficient (Wildman–Crippen LogP) is 0.0689. The van der Waals surface area contributed by atoms with E-state index >= 15 is 0 Å². The van der Waals surface area contributed by atoms with E-state index in [0.717, 1.165) is 26.1 Å². The minimum Gasteiger partial charge on any atom is -0.376 e. The topological polar surface area (TPSA) is 47.6 Å². The van der Waals surface area contributed by atoms with E-state index in [9.17, 15) is 4.79 Å². The standard InChI is InChI=1S/C9H15NO3/c1-6-7(2-4-12-6)10-9(11)8-3-5-13-8/h6-8H,2-5H2,1H3,(H,10,11). The molecule has 0 aromatic heterocycles. The fourth-order valence-electron chi connectivity index (χ4n) is 1.64. The Hall–Kier alpha value is -0.610. The highest BCUT2D eigenvalue weighted by atomic mass is 16.5. The third-order valence-electron chi connectivity index (χ3n) is 2.70. The van der Waals surface area contributed by atoms with Crippen LogP contribution in [0.2, 0.25) is 0 Å². The maximum Gasteiger partial charge on any atom is 0.249 e. The lowest BCUT2D eigenvalue weighted by atomic mass is 10.1. The molecule has 2 aliphatic heterocycles. The Morgan fingerprint density at radius 2 is 2.00 bits per heavy atom. The second kappa shape index (κ2) is 3.64. The third kappa shape index (κ3) is 1.84. The molecule has 2 aliphatic rings. The average Bonchev–Trinajstić information content (AvgIpc) is 2.32. The number of carbonyl (C=O) groups excluding carboxylic acids is 1. The van der Waals surface area contributed by atoms with Gasteiger partial charge < -0.3 is 14.8 Å². The number of amides is 1. The van der Waals surface area contributed by atoms with Crippen molar-refractivity contribution in [1.82, 2.24) is 5.32 Å². The van der Waals surface area contributed by atoms with Crippen molar-refractivity contribution in [2.75, 3.05) is 13.2 Å². The van der Waals surface area contributed by atoms with Crippen molar-refractivity contribution in [3.8, 4) is 0 Å². The summed E-state index contributed by atoms with van der Waals surface area (Å²) in [6.07, 6.45) is 1.71. The van der Waals surface area contributed by atoms with Crippen LogP contribution in [-0.4, -0.2) is 37.4 Å². The minimum atomic E-state index is -0.201. The largest absolute Gasteiger partial charge is 0.376 e. The normalized spacial score (nSPS) is 38.4. The van der Waals surface area contributed by atoms with Crippen molar-refractivity contribution in [2.45, 2.75) is 38.0 Å². The molecule has 1 N–H and O–H groups in total. The van der Waals surface area contributed by atoms with Crippen LogP contribution in [0.4, 0.5) is 0 Å². The van der Waals surface area contributed by atoms with E-state index in [1.807, 2.05) is 6.92 Å². The highest BCUT2D eigenvalue weighted by Crippen LogP contribution is 2.15. The Morgan fingerprint density at radius 1 is 1.31 bits per heavy atom. The summed E-state index contributed by atoms with van der Waals surface area (Å²) in [5.41, 5.74) is 0. The molecule has 0 spiro atoms. The van der Waals surface area contributed by atoms with E-state index in [-0.39, 0.29) is 24.2 Å². The SMILES string of the molecule is CC1OCCC1NC(=O)C1CCO1. The monoisotopic (exact) mass is 185 g/mol. The first-order valence-corrected chi connectivity index (χ1v) is 4.81. The van der Waals surface area contributed by atoms with Gasteiger partial charge in [0.1, 0.15) is 6.10 Å². The first kappa shape index (κ1) is 8.97. The Morgan fingerprint density at radius 3 is 2.46 bits per heavy atom. The molecule has 13 heavy (non-hydrogen) atoms. The van der Waals surface area contributed by atoms with Crippen molar-refractivity contribution in [2.24, 2.45) is 0 Å². The van der Waals surface area contributed by atoms with Gasteiger partial charge in [-0.1, -0.05) is 0 Å². The number of hydrogen-bond donors (Lipinski definition) is 1. The molecule has 2 saturated heterocycles. The summed E-state index contributed by atoms with van der Waals surface area (Å²) in [5, 5.41) is 2.94. The molecule has 4 heteroatoms. The second-order valence-electron chi connectivity index (χ2n) is 3.63. The molecule has 1 amide bonds. The van der Waals surface area contributed by atoms with Crippen molar-refractivity contribution in [3.63, 3.8) is 0 Å². The smallest absolute Gasteiger partial charge is 0.249 e. The van der Waals surface area contributed by atoms with Crippen LogP contribution in [0.15, 0.2) is 0 Å². The van der Waals surface area contributed by atoms with Gasteiger partial charge in [0.25, 0.3) is 0 Å². The lowest BCUT2D eigenvalue weighted by Crippen LogP contribution is -2.48. The van der Waals surface area contributed by atoms with Gasteiger partial charge in [-0.2, -0.15) is 0 Å². The lowest BCUT2D eigenvalue weighted by molar-refractivity contribution is -0.146. The molecule has 3 unspecified atom stereocenters. The first-order valence-electron chi connectivity index (χ1n) is 4.81. The van der Waals surface area contributed by atoms with Crippen LogP contribution in [0.5, 0.6) is 0 Å². The maximum atomic E-state index is 11.4. The molecule has 0 radical (unpaired) electrons. The summed E-state index contributed by atoms with van der Waals surface area (Å²) < 4.78 is 10.4. The molecule has 3 atom stereocenters. The summed E-state index contributed by atoms with van der Waals surface area (Å²) in [7, 11) is 0. The van der Waals surface area contributed by atoms with Gasteiger partial charge in [-0.05, 0) is 13.3 Å². The zero-order valence-corrected chi connectivity index (χ0v) is 7.79. The van der Waals surface area contributed by atoms with E-state index in [1.54, 1.807) is 0 Å². The number of rotatable bonds is 2. The zero-order valence-electron chi connectivity index (χ0n) is 7.79. The summed E-state index contributed by atoms with van der Waals surface area (Å²) in [5.74, 6) is 0.0219. The molecule has 0 aromatic rings. The molecule has 0 aromatic carbocycles. The molecular formula is C9H15NO3. The van der Waals surface area contributed by atoms with Crippen LogP contribution in [0, 0.1) is 0 Å². The van der Waals surface area contributed by atoms with Crippen LogP contribution in [0.3, 0.4) is 0 Å². The first-order chi connectivity index (χ1) is 6.27. The molecule has 0 aliphatic carbocycles. The quantitative estimate of drug-likeness (QED) is 0.662. The summed E-state index contributed by atoms with van der Waals surface area (Å²) in [6.45, 7) is 3.45. The molecular weight excluding hydrogens is 170 g/mol. The van der Waals surface area contributed by atoms with Crippen LogP contribution in [-0.2, 0) is 14.3 Å². The highest BCUT2D eigenvalue weighted by Gasteiger charge is 2.31. The van der Waals surface area contributed by atoms with Crippen LogP contribution in [0.1, 0.15) is 19.8 Å². The molecule has 74 valence electrons. The van der Waals surface area contributed by atoms with E-state index in [4.69, 9.17) is 9.47 Å². The van der Waals surface area contributed by atoms with E-state index < -0.39 is 0 Å². The summed E-state index contributed by atoms with van der Waals surface area (Å²) in [6, 6.07) is 0.178. The second-order valence-corrected chi connectivity index (χ2v) is 3.63. The Kier molecular flexibility index (Phi) is 2.51. The van der Waals surface area contributed by atoms with Crippen LogP contribution in [0.25, 0.3) is 0 Å². The van der Waals surface area contributed by atoms with Gasteiger partial charge >= 0.3 is 0 Å². The van der Waals surface area contributed by atoms with Crippen molar-refractivity contribution >= 4 is 5.91 Å². The van der Waals surface area contributed by atoms with Gasteiger partial charge in [0.05, 0.1) is 18.8 Å². The molecule has 2 fully saturated rings. The van der Waals surface area contributed by atoms with Crippen molar-refractivity contribution < 1.29 is 14.3 Å². The van der Waals surface area contributed by atoms with Gasteiger partial charge in [0, 0.05) is 13.0 Å². The van der Waals surface area contributed by atoms with Gasteiger partial charge in [-0.25, -0.2) is 0 Å². The Labute approximate surface area is 77.6 Å². The molecule has 4 nitrogen and oxygen atoms in total. The van der Waals surface area contributed by atoms with Crippen LogP contribution >= 0.6 is 0 Å². The van der Waals surface area contributed by atoms with E-state index in [1.165, 1.54) is 0 Å². The number of hydrogen-bond acceptors (Lipinski definition) is 3. The van der Waals surface area contributed by atoms with Crippen LogP contribution < -0.4 is 5.32 Å². The Balaban J connectivity index is 1.79. The molecule has 0 saturated carbocycles.